The minimum absolute atomic E-state index is 0.0998. The number of anilines is 1. The van der Waals surface area contributed by atoms with Gasteiger partial charge in [0.2, 0.25) is 11.8 Å². The molecule has 1 aromatic heterocycles. The van der Waals surface area contributed by atoms with Crippen molar-refractivity contribution in [2.24, 2.45) is 0 Å². The van der Waals surface area contributed by atoms with Gasteiger partial charge in [0.05, 0.1) is 5.69 Å². The number of hydrogen-bond acceptors (Lipinski definition) is 4. The average Bonchev–Trinajstić information content (AvgIpc) is 2.33. The van der Waals surface area contributed by atoms with E-state index in [-0.39, 0.29) is 12.0 Å². The number of nitrogen functional groups attached to an aromatic ring is 1. The van der Waals surface area contributed by atoms with Crippen LogP contribution in [-0.2, 0) is 4.79 Å². The van der Waals surface area contributed by atoms with E-state index in [9.17, 15) is 4.79 Å². The number of carbonyl (C=O) groups is 1. The van der Waals surface area contributed by atoms with Gasteiger partial charge in [-0.2, -0.15) is 0 Å². The summed E-state index contributed by atoms with van der Waals surface area (Å²) in [5.41, 5.74) is 6.32. The first-order valence-electron chi connectivity index (χ1n) is 5.79. The highest BCUT2D eigenvalue weighted by molar-refractivity contribution is 5.73. The van der Waals surface area contributed by atoms with E-state index in [2.05, 4.69) is 4.98 Å². The molecule has 0 unspecified atom stereocenters. The van der Waals surface area contributed by atoms with E-state index in [4.69, 9.17) is 10.5 Å². The molecule has 1 amide bonds. The first kappa shape index (κ1) is 11.7. The van der Waals surface area contributed by atoms with Crippen LogP contribution in [0.3, 0.4) is 0 Å². The van der Waals surface area contributed by atoms with Crippen LogP contribution in [0.15, 0.2) is 18.3 Å². The Labute approximate surface area is 101 Å². The van der Waals surface area contributed by atoms with Gasteiger partial charge in [-0.1, -0.05) is 0 Å². The number of nitrogens with zero attached hydrogens (tertiary/aromatic N) is 2. The van der Waals surface area contributed by atoms with Gasteiger partial charge in [0.1, 0.15) is 6.10 Å². The lowest BCUT2D eigenvalue weighted by atomic mass is 10.1. The van der Waals surface area contributed by atoms with Crippen molar-refractivity contribution in [1.29, 1.82) is 0 Å². The summed E-state index contributed by atoms with van der Waals surface area (Å²) < 4.78 is 5.74. The Hall–Kier alpha value is -1.78. The maximum Gasteiger partial charge on any atom is 0.237 e. The van der Waals surface area contributed by atoms with Gasteiger partial charge in [-0.15, -0.1) is 0 Å². The molecule has 0 spiro atoms. The predicted octanol–water partition coefficient (Wildman–Crippen LogP) is 1.05. The van der Waals surface area contributed by atoms with Crippen molar-refractivity contribution in [3.63, 3.8) is 0 Å². The maximum absolute atomic E-state index is 11.2. The Balaban J connectivity index is 1.90. The molecular formula is C12H17N3O2. The standard InChI is InChI=1S/C12H17N3O2/c1-9(16)15-7-4-10(5-8-15)17-12-11(13)3-2-6-14-12/h2-3,6,10H,4-5,7-8,13H2,1H3. The van der Waals surface area contributed by atoms with Crippen LogP contribution in [0.2, 0.25) is 0 Å². The lowest BCUT2D eigenvalue weighted by Gasteiger charge is -2.31. The van der Waals surface area contributed by atoms with Crippen molar-refractivity contribution in [3.8, 4) is 5.88 Å². The summed E-state index contributed by atoms with van der Waals surface area (Å²) >= 11 is 0. The van der Waals surface area contributed by atoms with E-state index in [0.29, 0.717) is 11.6 Å². The third-order valence-electron chi connectivity index (χ3n) is 2.97. The molecule has 0 aliphatic carbocycles. The van der Waals surface area contributed by atoms with Crippen LogP contribution in [0.4, 0.5) is 5.69 Å². The molecule has 92 valence electrons. The summed E-state index contributed by atoms with van der Waals surface area (Å²) in [6.45, 7) is 3.08. The summed E-state index contributed by atoms with van der Waals surface area (Å²) in [5.74, 6) is 0.620. The average molecular weight is 235 g/mol. The second-order valence-corrected chi connectivity index (χ2v) is 4.22. The minimum atomic E-state index is 0.0998. The number of amides is 1. The van der Waals surface area contributed by atoms with E-state index in [1.807, 2.05) is 4.90 Å². The molecule has 5 nitrogen and oxygen atoms in total. The third-order valence-corrected chi connectivity index (χ3v) is 2.97. The van der Waals surface area contributed by atoms with Crippen LogP contribution >= 0.6 is 0 Å². The zero-order chi connectivity index (χ0) is 12.3. The van der Waals surface area contributed by atoms with Crippen LogP contribution in [-0.4, -0.2) is 35.0 Å². The van der Waals surface area contributed by atoms with E-state index >= 15 is 0 Å². The van der Waals surface area contributed by atoms with E-state index in [0.717, 1.165) is 25.9 Å². The molecule has 0 bridgehead atoms. The summed E-state index contributed by atoms with van der Waals surface area (Å²) in [7, 11) is 0. The second kappa shape index (κ2) is 5.03. The number of piperidine rings is 1. The van der Waals surface area contributed by atoms with Gasteiger partial charge in [-0.05, 0) is 12.1 Å². The number of hydrogen-bond donors (Lipinski definition) is 1. The molecule has 2 rings (SSSR count). The van der Waals surface area contributed by atoms with Gasteiger partial charge >= 0.3 is 0 Å². The largest absolute Gasteiger partial charge is 0.473 e. The number of nitrogens with two attached hydrogens (primary N) is 1. The van der Waals surface area contributed by atoms with Crippen molar-refractivity contribution < 1.29 is 9.53 Å². The first-order valence-corrected chi connectivity index (χ1v) is 5.79. The van der Waals surface area contributed by atoms with Crippen molar-refractivity contribution >= 4 is 11.6 Å². The number of aromatic nitrogens is 1. The van der Waals surface area contributed by atoms with Gasteiger partial charge in [0.25, 0.3) is 0 Å². The van der Waals surface area contributed by atoms with Gasteiger partial charge in [0, 0.05) is 39.1 Å². The van der Waals surface area contributed by atoms with Crippen LogP contribution < -0.4 is 10.5 Å². The number of rotatable bonds is 2. The molecular weight excluding hydrogens is 218 g/mol. The fraction of sp³-hybridized carbons (Fsp3) is 0.500. The van der Waals surface area contributed by atoms with Gasteiger partial charge in [-0.25, -0.2) is 4.98 Å². The van der Waals surface area contributed by atoms with Crippen LogP contribution in [0, 0.1) is 0 Å². The van der Waals surface area contributed by atoms with E-state index in [1.54, 1.807) is 25.3 Å². The molecule has 17 heavy (non-hydrogen) atoms. The van der Waals surface area contributed by atoms with Crippen LogP contribution in [0.1, 0.15) is 19.8 Å². The molecule has 1 aromatic rings. The first-order chi connectivity index (χ1) is 8.16. The highest BCUT2D eigenvalue weighted by atomic mass is 16.5. The smallest absolute Gasteiger partial charge is 0.237 e. The van der Waals surface area contributed by atoms with Crippen LogP contribution in [0.25, 0.3) is 0 Å². The Kier molecular flexibility index (Phi) is 3.46. The van der Waals surface area contributed by atoms with Crippen LogP contribution in [0.5, 0.6) is 5.88 Å². The zero-order valence-corrected chi connectivity index (χ0v) is 9.93. The normalized spacial score (nSPS) is 16.9. The Morgan fingerprint density at radius 3 is 2.82 bits per heavy atom. The number of carbonyl (C=O) groups excluding carboxylic acids is 1. The summed E-state index contributed by atoms with van der Waals surface area (Å²) in [6.07, 6.45) is 3.42. The second-order valence-electron chi connectivity index (χ2n) is 4.22. The SMILES string of the molecule is CC(=O)N1CCC(Oc2ncccc2N)CC1. The van der Waals surface area contributed by atoms with Crippen molar-refractivity contribution in [2.45, 2.75) is 25.9 Å². The fourth-order valence-electron chi connectivity index (χ4n) is 1.95. The fourth-order valence-corrected chi connectivity index (χ4v) is 1.95. The highest BCUT2D eigenvalue weighted by Crippen LogP contribution is 2.21. The lowest BCUT2D eigenvalue weighted by Crippen LogP contribution is -2.40. The van der Waals surface area contributed by atoms with Crippen molar-refractivity contribution in [2.75, 3.05) is 18.8 Å². The summed E-state index contributed by atoms with van der Waals surface area (Å²) in [4.78, 5) is 17.1. The van der Waals surface area contributed by atoms with E-state index < -0.39 is 0 Å². The zero-order valence-electron chi connectivity index (χ0n) is 9.93. The number of likely N-dealkylation sites (tertiary alicyclic amines) is 1. The molecule has 0 radical (unpaired) electrons. The summed E-state index contributed by atoms with van der Waals surface area (Å²) in [5, 5.41) is 0. The Bertz CT molecular complexity index is 400. The third kappa shape index (κ3) is 2.87. The molecule has 1 aliphatic heterocycles. The van der Waals surface area contributed by atoms with Crippen molar-refractivity contribution in [3.05, 3.63) is 18.3 Å². The molecule has 2 heterocycles. The maximum atomic E-state index is 11.2. The number of pyridine rings is 1. The van der Waals surface area contributed by atoms with Gasteiger partial charge in [0.15, 0.2) is 0 Å². The molecule has 0 atom stereocenters. The van der Waals surface area contributed by atoms with Crippen molar-refractivity contribution in [1.82, 2.24) is 9.88 Å². The molecule has 1 saturated heterocycles. The Morgan fingerprint density at radius 1 is 1.53 bits per heavy atom. The molecule has 0 aromatic carbocycles. The molecule has 5 heteroatoms. The predicted molar refractivity (Wildman–Crippen MR) is 64.6 cm³/mol. The van der Waals surface area contributed by atoms with Gasteiger partial charge < -0.3 is 15.4 Å². The van der Waals surface area contributed by atoms with Gasteiger partial charge in [-0.3, -0.25) is 4.79 Å². The monoisotopic (exact) mass is 235 g/mol. The lowest BCUT2D eigenvalue weighted by molar-refractivity contribution is -0.130. The quantitative estimate of drug-likeness (QED) is 0.832. The molecule has 2 N–H and O–H groups in total. The summed E-state index contributed by atoms with van der Waals surface area (Å²) in [6, 6.07) is 3.55. The molecule has 0 saturated carbocycles. The molecule has 1 aliphatic rings. The van der Waals surface area contributed by atoms with E-state index in [1.165, 1.54) is 0 Å². The topological polar surface area (TPSA) is 68.5 Å². The molecule has 1 fully saturated rings. The number of ether oxygens (including phenoxy) is 1. The highest BCUT2D eigenvalue weighted by Gasteiger charge is 2.22. The Morgan fingerprint density at radius 2 is 2.24 bits per heavy atom. The minimum Gasteiger partial charge on any atom is -0.473 e.